The Balaban J connectivity index is 2.79. The van der Waals surface area contributed by atoms with Crippen LogP contribution in [0, 0.1) is 18.7 Å². The van der Waals surface area contributed by atoms with Crippen LogP contribution in [-0.4, -0.2) is 11.9 Å². The Bertz CT molecular complexity index is 420. The first-order valence-corrected chi connectivity index (χ1v) is 6.17. The van der Waals surface area contributed by atoms with E-state index in [0.29, 0.717) is 17.2 Å². The molecule has 1 aromatic rings. The first-order chi connectivity index (χ1) is 8.31. The molecule has 0 saturated heterocycles. The molecule has 0 spiro atoms. The highest BCUT2D eigenvalue weighted by molar-refractivity contribution is 5.95. The van der Waals surface area contributed by atoms with Crippen LogP contribution in [0.3, 0.4) is 0 Å². The number of nitrogen functional groups attached to an aromatic ring is 1. The van der Waals surface area contributed by atoms with Crippen LogP contribution in [0.1, 0.15) is 43.1 Å². The number of carbonyl (C=O) groups excluding carboxylic acids is 1. The largest absolute Gasteiger partial charge is 0.398 e. The molecule has 1 aromatic carbocycles. The molecule has 0 heterocycles. The van der Waals surface area contributed by atoms with Gasteiger partial charge in [-0.05, 0) is 38.3 Å². The van der Waals surface area contributed by atoms with Gasteiger partial charge in [0.15, 0.2) is 0 Å². The van der Waals surface area contributed by atoms with Crippen molar-refractivity contribution < 1.29 is 9.18 Å². The molecule has 0 saturated carbocycles. The van der Waals surface area contributed by atoms with Crippen LogP contribution in [0.25, 0.3) is 0 Å². The fourth-order valence-corrected chi connectivity index (χ4v) is 1.90. The van der Waals surface area contributed by atoms with Gasteiger partial charge in [0.1, 0.15) is 5.82 Å². The molecule has 3 nitrogen and oxygen atoms in total. The van der Waals surface area contributed by atoms with E-state index in [2.05, 4.69) is 19.2 Å². The zero-order valence-electron chi connectivity index (χ0n) is 11.4. The molecular weight excluding hydrogens is 231 g/mol. The van der Waals surface area contributed by atoms with E-state index < -0.39 is 5.82 Å². The molecule has 1 amide bonds. The van der Waals surface area contributed by atoms with Gasteiger partial charge in [0.2, 0.25) is 0 Å². The maximum Gasteiger partial charge on any atom is 0.251 e. The number of amides is 1. The van der Waals surface area contributed by atoms with Crippen LogP contribution in [-0.2, 0) is 0 Å². The molecule has 0 bridgehead atoms. The summed E-state index contributed by atoms with van der Waals surface area (Å²) in [4.78, 5) is 11.9. The van der Waals surface area contributed by atoms with Gasteiger partial charge >= 0.3 is 0 Å². The van der Waals surface area contributed by atoms with Crippen molar-refractivity contribution in [2.45, 2.75) is 40.2 Å². The average Bonchev–Trinajstić information content (AvgIpc) is 2.23. The summed E-state index contributed by atoms with van der Waals surface area (Å²) in [6, 6.07) is 2.79. The molecule has 0 fully saturated rings. The number of hydrogen-bond donors (Lipinski definition) is 2. The topological polar surface area (TPSA) is 55.1 Å². The van der Waals surface area contributed by atoms with Crippen LogP contribution in [0.5, 0.6) is 0 Å². The van der Waals surface area contributed by atoms with Crippen molar-refractivity contribution in [3.63, 3.8) is 0 Å². The van der Waals surface area contributed by atoms with Crippen LogP contribution in [0.15, 0.2) is 12.1 Å². The van der Waals surface area contributed by atoms with Gasteiger partial charge in [-0.3, -0.25) is 4.79 Å². The third kappa shape index (κ3) is 3.72. The molecular formula is C14H21FN2O. The lowest BCUT2D eigenvalue weighted by Crippen LogP contribution is -2.33. The lowest BCUT2D eigenvalue weighted by Gasteiger charge is -2.16. The standard InChI is InChI=1S/C14H21FN2O/c1-8(2)5-9(3)17-14(18)11-6-12(15)10(4)13(16)7-11/h6-9H,5,16H2,1-4H3,(H,17,18). The highest BCUT2D eigenvalue weighted by Gasteiger charge is 2.14. The molecule has 4 heteroatoms. The number of nitrogens with one attached hydrogen (secondary N) is 1. The van der Waals surface area contributed by atoms with Crippen molar-refractivity contribution in [3.05, 3.63) is 29.1 Å². The summed E-state index contributed by atoms with van der Waals surface area (Å²) in [6.07, 6.45) is 0.884. The molecule has 1 rings (SSSR count). The predicted molar refractivity (Wildman–Crippen MR) is 71.9 cm³/mol. The lowest BCUT2D eigenvalue weighted by atomic mass is 10.0. The fraction of sp³-hybridized carbons (Fsp3) is 0.500. The minimum Gasteiger partial charge on any atom is -0.398 e. The van der Waals surface area contributed by atoms with Crippen LogP contribution >= 0.6 is 0 Å². The Labute approximate surface area is 108 Å². The van der Waals surface area contributed by atoms with E-state index >= 15 is 0 Å². The average molecular weight is 252 g/mol. The van der Waals surface area contributed by atoms with Crippen molar-refractivity contribution in [2.24, 2.45) is 5.92 Å². The van der Waals surface area contributed by atoms with Gasteiger partial charge in [-0.25, -0.2) is 4.39 Å². The summed E-state index contributed by atoms with van der Waals surface area (Å²) in [5.41, 5.74) is 6.60. The Hall–Kier alpha value is -1.58. The zero-order chi connectivity index (χ0) is 13.9. The highest BCUT2D eigenvalue weighted by Crippen LogP contribution is 2.17. The third-order valence-electron chi connectivity index (χ3n) is 2.85. The van der Waals surface area contributed by atoms with E-state index in [4.69, 9.17) is 5.73 Å². The number of halogens is 1. The normalized spacial score (nSPS) is 12.6. The summed E-state index contributed by atoms with van der Waals surface area (Å²) >= 11 is 0. The third-order valence-corrected chi connectivity index (χ3v) is 2.85. The Morgan fingerprint density at radius 2 is 2.00 bits per heavy atom. The molecule has 1 atom stereocenters. The molecule has 18 heavy (non-hydrogen) atoms. The summed E-state index contributed by atoms with van der Waals surface area (Å²) in [6.45, 7) is 7.71. The molecule has 0 aromatic heterocycles. The Morgan fingerprint density at radius 3 is 2.50 bits per heavy atom. The minimum absolute atomic E-state index is 0.0584. The maximum atomic E-state index is 13.5. The minimum atomic E-state index is -0.448. The van der Waals surface area contributed by atoms with E-state index in [9.17, 15) is 9.18 Å². The van der Waals surface area contributed by atoms with Crippen LogP contribution in [0.4, 0.5) is 10.1 Å². The summed E-state index contributed by atoms with van der Waals surface area (Å²) in [5.74, 6) is -0.231. The number of hydrogen-bond acceptors (Lipinski definition) is 2. The zero-order valence-corrected chi connectivity index (χ0v) is 11.4. The number of rotatable bonds is 4. The predicted octanol–water partition coefficient (Wildman–Crippen LogP) is 2.88. The molecule has 0 aliphatic carbocycles. The van der Waals surface area contributed by atoms with Gasteiger partial charge in [-0.15, -0.1) is 0 Å². The van der Waals surface area contributed by atoms with Crippen molar-refractivity contribution >= 4 is 11.6 Å². The molecule has 1 unspecified atom stereocenters. The summed E-state index contributed by atoms with van der Waals surface area (Å²) in [7, 11) is 0. The first kappa shape index (κ1) is 14.5. The van der Waals surface area contributed by atoms with Gasteiger partial charge in [0.05, 0.1) is 0 Å². The molecule has 0 aliphatic rings. The van der Waals surface area contributed by atoms with E-state index in [-0.39, 0.29) is 17.5 Å². The number of benzene rings is 1. The van der Waals surface area contributed by atoms with E-state index in [1.807, 2.05) is 6.92 Å². The molecule has 0 radical (unpaired) electrons. The van der Waals surface area contributed by atoms with Crippen molar-refractivity contribution in [3.8, 4) is 0 Å². The summed E-state index contributed by atoms with van der Waals surface area (Å²) < 4.78 is 13.5. The fourth-order valence-electron chi connectivity index (χ4n) is 1.90. The smallest absolute Gasteiger partial charge is 0.251 e. The monoisotopic (exact) mass is 252 g/mol. The molecule has 0 aliphatic heterocycles. The summed E-state index contributed by atoms with van der Waals surface area (Å²) in [5, 5.41) is 2.84. The van der Waals surface area contributed by atoms with Gasteiger partial charge in [0, 0.05) is 22.9 Å². The molecule has 3 N–H and O–H groups in total. The van der Waals surface area contributed by atoms with E-state index in [1.165, 1.54) is 12.1 Å². The first-order valence-electron chi connectivity index (χ1n) is 6.17. The van der Waals surface area contributed by atoms with Crippen molar-refractivity contribution in [1.29, 1.82) is 0 Å². The second-order valence-electron chi connectivity index (χ2n) is 5.18. The highest BCUT2D eigenvalue weighted by atomic mass is 19.1. The maximum absolute atomic E-state index is 13.5. The second kappa shape index (κ2) is 5.85. The number of carbonyl (C=O) groups is 1. The van der Waals surface area contributed by atoms with E-state index in [0.717, 1.165) is 6.42 Å². The second-order valence-corrected chi connectivity index (χ2v) is 5.18. The lowest BCUT2D eigenvalue weighted by molar-refractivity contribution is 0.0935. The van der Waals surface area contributed by atoms with Gasteiger partial charge in [0.25, 0.3) is 5.91 Å². The van der Waals surface area contributed by atoms with Crippen molar-refractivity contribution in [2.75, 3.05) is 5.73 Å². The molecule has 100 valence electrons. The Kier molecular flexibility index (Phi) is 4.70. The van der Waals surface area contributed by atoms with Crippen molar-refractivity contribution in [1.82, 2.24) is 5.32 Å². The van der Waals surface area contributed by atoms with E-state index in [1.54, 1.807) is 6.92 Å². The number of anilines is 1. The van der Waals surface area contributed by atoms with Crippen LogP contribution < -0.4 is 11.1 Å². The van der Waals surface area contributed by atoms with Gasteiger partial charge < -0.3 is 11.1 Å². The van der Waals surface area contributed by atoms with Crippen LogP contribution in [0.2, 0.25) is 0 Å². The number of nitrogens with two attached hydrogens (primary N) is 1. The Morgan fingerprint density at radius 1 is 1.39 bits per heavy atom. The van der Waals surface area contributed by atoms with Gasteiger partial charge in [-0.2, -0.15) is 0 Å². The van der Waals surface area contributed by atoms with Gasteiger partial charge in [-0.1, -0.05) is 13.8 Å². The quantitative estimate of drug-likeness (QED) is 0.809. The SMILES string of the molecule is Cc1c(N)cc(C(=O)NC(C)CC(C)C)cc1F.